The predicted octanol–water partition coefficient (Wildman–Crippen LogP) is 3.96. The van der Waals surface area contributed by atoms with Crippen molar-refractivity contribution in [2.45, 2.75) is 26.7 Å². The molecule has 1 aromatic rings. The van der Waals surface area contributed by atoms with E-state index in [0.29, 0.717) is 34.6 Å². The van der Waals surface area contributed by atoms with Crippen molar-refractivity contribution in [2.24, 2.45) is 5.92 Å². The van der Waals surface area contributed by atoms with Crippen LogP contribution in [0, 0.1) is 5.92 Å². The maximum absolute atomic E-state index is 11.7. The number of rotatable bonds is 7. The SMILES string of the molecule is CC(C)CCNCCC(=O)Nc1cccc(Cl)c1Cl. The molecule has 0 saturated heterocycles. The number of anilines is 1. The van der Waals surface area contributed by atoms with Gasteiger partial charge in [0.25, 0.3) is 0 Å². The number of hydrogen-bond acceptors (Lipinski definition) is 2. The van der Waals surface area contributed by atoms with Crippen molar-refractivity contribution in [3.8, 4) is 0 Å². The normalized spacial score (nSPS) is 10.8. The molecule has 0 saturated carbocycles. The summed E-state index contributed by atoms with van der Waals surface area (Å²) in [5.74, 6) is 0.604. The lowest BCUT2D eigenvalue weighted by Crippen LogP contribution is -2.23. The fourth-order valence-electron chi connectivity index (χ4n) is 1.53. The Kier molecular flexibility index (Phi) is 7.21. The van der Waals surface area contributed by atoms with E-state index in [1.165, 1.54) is 0 Å². The second-order valence-corrected chi connectivity index (χ2v) is 5.62. The molecule has 0 aromatic heterocycles. The first kappa shape index (κ1) is 16.3. The van der Waals surface area contributed by atoms with E-state index in [4.69, 9.17) is 23.2 Å². The molecule has 19 heavy (non-hydrogen) atoms. The molecule has 0 spiro atoms. The molecular formula is C14H20Cl2N2O. The monoisotopic (exact) mass is 302 g/mol. The Bertz CT molecular complexity index is 422. The minimum Gasteiger partial charge on any atom is -0.325 e. The van der Waals surface area contributed by atoms with Crippen LogP contribution >= 0.6 is 23.2 Å². The maximum Gasteiger partial charge on any atom is 0.225 e. The van der Waals surface area contributed by atoms with E-state index in [2.05, 4.69) is 24.5 Å². The molecule has 0 atom stereocenters. The quantitative estimate of drug-likeness (QED) is 0.749. The van der Waals surface area contributed by atoms with Crippen LogP contribution in [0.15, 0.2) is 18.2 Å². The molecule has 1 aromatic carbocycles. The van der Waals surface area contributed by atoms with Gasteiger partial charge in [0.1, 0.15) is 0 Å². The van der Waals surface area contributed by atoms with E-state index in [0.717, 1.165) is 13.0 Å². The van der Waals surface area contributed by atoms with Crippen LogP contribution in [-0.2, 0) is 4.79 Å². The molecular weight excluding hydrogens is 283 g/mol. The predicted molar refractivity (Wildman–Crippen MR) is 82.0 cm³/mol. The molecule has 1 rings (SSSR count). The van der Waals surface area contributed by atoms with Gasteiger partial charge in [0.05, 0.1) is 15.7 Å². The summed E-state index contributed by atoms with van der Waals surface area (Å²) in [6, 6.07) is 5.18. The third-order valence-electron chi connectivity index (χ3n) is 2.65. The van der Waals surface area contributed by atoms with Gasteiger partial charge in [0.2, 0.25) is 5.91 Å². The van der Waals surface area contributed by atoms with Gasteiger partial charge in [0.15, 0.2) is 0 Å². The number of carbonyl (C=O) groups excluding carboxylic acids is 1. The Hall–Kier alpha value is -0.770. The molecule has 0 unspecified atom stereocenters. The highest BCUT2D eigenvalue weighted by atomic mass is 35.5. The molecule has 3 nitrogen and oxygen atoms in total. The minimum absolute atomic E-state index is 0.0683. The topological polar surface area (TPSA) is 41.1 Å². The lowest BCUT2D eigenvalue weighted by molar-refractivity contribution is -0.116. The van der Waals surface area contributed by atoms with Crippen molar-refractivity contribution in [1.82, 2.24) is 5.32 Å². The summed E-state index contributed by atoms with van der Waals surface area (Å²) in [6.07, 6.45) is 1.53. The lowest BCUT2D eigenvalue weighted by atomic mass is 10.1. The lowest BCUT2D eigenvalue weighted by Gasteiger charge is -2.09. The summed E-state index contributed by atoms with van der Waals surface area (Å²) < 4.78 is 0. The zero-order chi connectivity index (χ0) is 14.3. The number of benzene rings is 1. The number of halogens is 2. The summed E-state index contributed by atoms with van der Waals surface area (Å²) in [5, 5.41) is 6.81. The second-order valence-electron chi connectivity index (χ2n) is 4.83. The minimum atomic E-state index is -0.0683. The number of carbonyl (C=O) groups is 1. The zero-order valence-corrected chi connectivity index (χ0v) is 12.8. The summed E-state index contributed by atoms with van der Waals surface area (Å²) in [7, 11) is 0. The van der Waals surface area contributed by atoms with Crippen molar-refractivity contribution < 1.29 is 4.79 Å². The zero-order valence-electron chi connectivity index (χ0n) is 11.3. The van der Waals surface area contributed by atoms with E-state index in [-0.39, 0.29) is 5.91 Å². The second kappa shape index (κ2) is 8.41. The first-order chi connectivity index (χ1) is 9.00. The van der Waals surface area contributed by atoms with Gasteiger partial charge in [-0.05, 0) is 31.0 Å². The Labute approximate surface area is 124 Å². The van der Waals surface area contributed by atoms with Crippen LogP contribution < -0.4 is 10.6 Å². The smallest absolute Gasteiger partial charge is 0.225 e. The van der Waals surface area contributed by atoms with Gasteiger partial charge < -0.3 is 10.6 Å². The Morgan fingerprint density at radius 2 is 2.00 bits per heavy atom. The van der Waals surface area contributed by atoms with Gasteiger partial charge in [-0.2, -0.15) is 0 Å². The molecule has 106 valence electrons. The fourth-order valence-corrected chi connectivity index (χ4v) is 1.88. The van der Waals surface area contributed by atoms with Crippen LogP contribution in [0.3, 0.4) is 0 Å². The fraction of sp³-hybridized carbons (Fsp3) is 0.500. The van der Waals surface area contributed by atoms with Crippen molar-refractivity contribution in [3.63, 3.8) is 0 Å². The Morgan fingerprint density at radius 3 is 2.68 bits per heavy atom. The first-order valence-electron chi connectivity index (χ1n) is 6.45. The first-order valence-corrected chi connectivity index (χ1v) is 7.21. The molecule has 0 fully saturated rings. The van der Waals surface area contributed by atoms with Gasteiger partial charge in [-0.3, -0.25) is 4.79 Å². The van der Waals surface area contributed by atoms with Crippen molar-refractivity contribution >= 4 is 34.8 Å². The summed E-state index contributed by atoms with van der Waals surface area (Å²) >= 11 is 11.9. The maximum atomic E-state index is 11.7. The van der Waals surface area contributed by atoms with E-state index in [1.54, 1.807) is 18.2 Å². The summed E-state index contributed by atoms with van der Waals surface area (Å²) in [6.45, 7) is 5.95. The van der Waals surface area contributed by atoms with Crippen LogP contribution in [0.1, 0.15) is 26.7 Å². The number of nitrogens with one attached hydrogen (secondary N) is 2. The highest BCUT2D eigenvalue weighted by Crippen LogP contribution is 2.29. The van der Waals surface area contributed by atoms with E-state index in [9.17, 15) is 4.79 Å². The molecule has 0 radical (unpaired) electrons. The van der Waals surface area contributed by atoms with Gasteiger partial charge in [-0.15, -0.1) is 0 Å². The Morgan fingerprint density at radius 1 is 1.26 bits per heavy atom. The molecule has 1 amide bonds. The van der Waals surface area contributed by atoms with Gasteiger partial charge in [-0.25, -0.2) is 0 Å². The molecule has 0 aliphatic rings. The average molecular weight is 303 g/mol. The van der Waals surface area contributed by atoms with E-state index < -0.39 is 0 Å². The van der Waals surface area contributed by atoms with Crippen LogP contribution in [0.2, 0.25) is 10.0 Å². The summed E-state index contributed by atoms with van der Waals surface area (Å²) in [4.78, 5) is 11.7. The molecule has 2 N–H and O–H groups in total. The van der Waals surface area contributed by atoms with Crippen molar-refractivity contribution in [3.05, 3.63) is 28.2 Å². The van der Waals surface area contributed by atoms with E-state index >= 15 is 0 Å². The van der Waals surface area contributed by atoms with Crippen molar-refractivity contribution in [2.75, 3.05) is 18.4 Å². The molecule has 0 bridgehead atoms. The number of hydrogen-bond donors (Lipinski definition) is 2. The summed E-state index contributed by atoms with van der Waals surface area (Å²) in [5.41, 5.74) is 0.557. The Balaban J connectivity index is 2.29. The van der Waals surface area contributed by atoms with Crippen LogP contribution in [0.5, 0.6) is 0 Å². The largest absolute Gasteiger partial charge is 0.325 e. The third kappa shape index (κ3) is 6.28. The molecule has 0 aliphatic heterocycles. The molecule has 0 heterocycles. The van der Waals surface area contributed by atoms with Crippen LogP contribution in [0.25, 0.3) is 0 Å². The third-order valence-corrected chi connectivity index (χ3v) is 3.47. The molecule has 0 aliphatic carbocycles. The average Bonchev–Trinajstić information content (AvgIpc) is 2.34. The van der Waals surface area contributed by atoms with Gasteiger partial charge >= 0.3 is 0 Å². The van der Waals surface area contributed by atoms with E-state index in [1.807, 2.05) is 0 Å². The highest BCUT2D eigenvalue weighted by molar-refractivity contribution is 6.43. The van der Waals surface area contributed by atoms with Gasteiger partial charge in [-0.1, -0.05) is 43.1 Å². The van der Waals surface area contributed by atoms with Crippen LogP contribution in [-0.4, -0.2) is 19.0 Å². The number of amides is 1. The molecule has 5 heteroatoms. The van der Waals surface area contributed by atoms with Gasteiger partial charge in [0, 0.05) is 13.0 Å². The standard InChI is InChI=1S/C14H20Cl2N2O/c1-10(2)6-8-17-9-7-13(19)18-12-5-3-4-11(15)14(12)16/h3-5,10,17H,6-9H2,1-2H3,(H,18,19). The van der Waals surface area contributed by atoms with Crippen LogP contribution in [0.4, 0.5) is 5.69 Å². The van der Waals surface area contributed by atoms with Crippen molar-refractivity contribution in [1.29, 1.82) is 0 Å². The highest BCUT2D eigenvalue weighted by Gasteiger charge is 2.07.